The van der Waals surface area contributed by atoms with Gasteiger partial charge in [0.2, 0.25) is 5.90 Å². The third kappa shape index (κ3) is 1.28. The quantitative estimate of drug-likeness (QED) is 0.578. The van der Waals surface area contributed by atoms with E-state index in [0.717, 1.165) is 0 Å². The van der Waals surface area contributed by atoms with Crippen molar-refractivity contribution in [1.82, 2.24) is 5.20 Å². The van der Waals surface area contributed by atoms with Crippen molar-refractivity contribution in [2.45, 2.75) is 6.92 Å². The Bertz CT molecular complexity index is 106. The van der Waals surface area contributed by atoms with Gasteiger partial charge >= 0.3 is 0 Å². The van der Waals surface area contributed by atoms with Gasteiger partial charge in [0.25, 0.3) is 7.00 Å². The van der Waals surface area contributed by atoms with Crippen molar-refractivity contribution >= 4 is 28.4 Å². The van der Waals surface area contributed by atoms with E-state index in [1.165, 1.54) is 0 Å². The molecule has 1 unspecified atom stereocenters. The molecule has 5 heteroatoms. The predicted octanol–water partition coefficient (Wildman–Crippen LogP) is 1.56. The van der Waals surface area contributed by atoms with Crippen molar-refractivity contribution in [3.05, 3.63) is 0 Å². The molecule has 0 bridgehead atoms. The molecule has 0 saturated carbocycles. The average Bonchev–Trinajstić information content (AvgIpc) is 1.87. The van der Waals surface area contributed by atoms with Gasteiger partial charge in [0.1, 0.15) is 0 Å². The summed E-state index contributed by atoms with van der Waals surface area (Å²) in [5, 5.41) is 6.46. The normalized spacial score (nSPS) is 28.3. The molecule has 3 nitrogen and oxygen atoms in total. The molecule has 0 aromatic heterocycles. The van der Waals surface area contributed by atoms with E-state index in [-0.39, 0.29) is 0 Å². The first kappa shape index (κ1) is 5.32. The van der Waals surface area contributed by atoms with Crippen molar-refractivity contribution in [3.63, 3.8) is 0 Å². The van der Waals surface area contributed by atoms with Crippen LogP contribution in [0.25, 0.3) is 0 Å². The Kier molecular flexibility index (Phi) is 1.50. The third-order valence-corrected chi connectivity index (χ3v) is 2.09. The fourth-order valence-corrected chi connectivity index (χ4v) is 1.67. The van der Waals surface area contributed by atoms with Crippen LogP contribution in [0.1, 0.15) is 6.92 Å². The maximum atomic E-state index is 4.98. The van der Waals surface area contributed by atoms with E-state index in [4.69, 9.17) is 4.52 Å². The molecule has 1 heterocycles. The third-order valence-electron chi connectivity index (χ3n) is 0.498. The summed E-state index contributed by atoms with van der Waals surface area (Å²) in [4.78, 5) is 0. The molecule has 0 saturated heterocycles. The van der Waals surface area contributed by atoms with E-state index in [1.54, 1.807) is 6.92 Å². The van der Waals surface area contributed by atoms with Crippen LogP contribution in [0.5, 0.6) is 0 Å². The lowest BCUT2D eigenvalue weighted by Gasteiger charge is -1.94. The van der Waals surface area contributed by atoms with Gasteiger partial charge in [-0.1, -0.05) is 0 Å². The van der Waals surface area contributed by atoms with Gasteiger partial charge in [-0.2, -0.15) is 0 Å². The zero-order valence-corrected chi connectivity index (χ0v) is 6.16. The molecule has 7 heavy (non-hydrogen) atoms. The Morgan fingerprint density at radius 2 is 2.71 bits per heavy atom. The second-order valence-corrected chi connectivity index (χ2v) is 3.87. The molecule has 40 valence electrons. The van der Waals surface area contributed by atoms with Crippen LogP contribution < -0.4 is 5.20 Å². The number of nitrogens with zero attached hydrogens (tertiary/aromatic N) is 1. The Labute approximate surface area is 50.7 Å². The second-order valence-electron chi connectivity index (χ2n) is 1.07. The van der Waals surface area contributed by atoms with Gasteiger partial charge in [-0.3, -0.25) is 0 Å². The van der Waals surface area contributed by atoms with Gasteiger partial charge in [-0.05, 0) is 0 Å². The molecule has 1 aliphatic heterocycles. The molecule has 1 rings (SSSR count). The molecule has 1 atom stereocenters. The first-order chi connectivity index (χ1) is 3.29. The molecular formula is C2H4BrN2OP. The molecule has 0 aromatic rings. The van der Waals surface area contributed by atoms with Crippen LogP contribution in [0.4, 0.5) is 0 Å². The lowest BCUT2D eigenvalue weighted by molar-refractivity contribution is 0.638. The fraction of sp³-hybridized carbons (Fsp3) is 0.500. The Morgan fingerprint density at radius 3 is 2.86 bits per heavy atom. The van der Waals surface area contributed by atoms with Crippen LogP contribution in [0, 0.1) is 0 Å². The lowest BCUT2D eigenvalue weighted by Crippen LogP contribution is -1.82. The standard InChI is InChI=1S/C2H4BrN2OP/c1-2-4-5-7(3)6-2/h5H,1H3. The number of rotatable bonds is 0. The van der Waals surface area contributed by atoms with Crippen LogP contribution in [0.15, 0.2) is 5.10 Å². The molecule has 0 spiro atoms. The van der Waals surface area contributed by atoms with Crippen LogP contribution in [-0.2, 0) is 4.52 Å². The minimum Gasteiger partial charge on any atom is -0.428 e. The molecule has 0 radical (unpaired) electrons. The SMILES string of the molecule is CC1=NNP(Br)O1. The van der Waals surface area contributed by atoms with Gasteiger partial charge in [-0.15, -0.1) is 5.10 Å². The van der Waals surface area contributed by atoms with Gasteiger partial charge in [0.15, 0.2) is 0 Å². The number of hydrazone groups is 1. The summed E-state index contributed by atoms with van der Waals surface area (Å²) in [7, 11) is -0.646. The Balaban J connectivity index is 2.42. The summed E-state index contributed by atoms with van der Waals surface area (Å²) in [5.74, 6) is 0.697. The minimum atomic E-state index is -0.646. The number of hydrogen-bond acceptors (Lipinski definition) is 3. The van der Waals surface area contributed by atoms with Crippen molar-refractivity contribution in [1.29, 1.82) is 0 Å². The summed E-state index contributed by atoms with van der Waals surface area (Å²) >= 11 is 3.20. The van der Waals surface area contributed by atoms with Gasteiger partial charge in [-0.25, -0.2) is 5.20 Å². The fourth-order valence-electron chi connectivity index (χ4n) is 0.267. The summed E-state index contributed by atoms with van der Waals surface area (Å²) in [6.45, 7) is 1.80. The Hall–Kier alpha value is 0.180. The smallest absolute Gasteiger partial charge is 0.281 e. The highest BCUT2D eigenvalue weighted by atomic mass is 79.9. The van der Waals surface area contributed by atoms with Crippen LogP contribution in [0.2, 0.25) is 0 Å². The Morgan fingerprint density at radius 1 is 2.00 bits per heavy atom. The maximum Gasteiger partial charge on any atom is 0.281 e. The minimum absolute atomic E-state index is 0.646. The highest BCUT2D eigenvalue weighted by Gasteiger charge is 2.11. The molecule has 0 aromatic carbocycles. The van der Waals surface area contributed by atoms with Crippen LogP contribution in [0.3, 0.4) is 0 Å². The maximum absolute atomic E-state index is 4.98. The van der Waals surface area contributed by atoms with Gasteiger partial charge in [0, 0.05) is 22.4 Å². The largest absolute Gasteiger partial charge is 0.428 e. The molecule has 0 fully saturated rings. The van der Waals surface area contributed by atoms with Crippen molar-refractivity contribution in [2.75, 3.05) is 0 Å². The first-order valence-electron chi connectivity index (χ1n) is 1.73. The predicted molar refractivity (Wildman–Crippen MR) is 33.2 cm³/mol. The van der Waals surface area contributed by atoms with E-state index < -0.39 is 7.00 Å². The summed E-state index contributed by atoms with van der Waals surface area (Å²) in [6, 6.07) is 0. The number of hydrogen-bond donors (Lipinski definition) is 1. The topological polar surface area (TPSA) is 33.6 Å². The summed E-state index contributed by atoms with van der Waals surface area (Å²) < 4.78 is 4.98. The monoisotopic (exact) mass is 182 g/mol. The van der Waals surface area contributed by atoms with Crippen molar-refractivity contribution < 1.29 is 4.52 Å². The average molecular weight is 183 g/mol. The molecule has 0 aliphatic carbocycles. The highest BCUT2D eigenvalue weighted by molar-refractivity contribution is 9.38. The zero-order chi connectivity index (χ0) is 5.28. The van der Waals surface area contributed by atoms with Gasteiger partial charge in [0.05, 0.1) is 0 Å². The summed E-state index contributed by atoms with van der Waals surface area (Å²) in [6.07, 6.45) is 0. The van der Waals surface area contributed by atoms with Gasteiger partial charge < -0.3 is 4.52 Å². The zero-order valence-electron chi connectivity index (χ0n) is 3.68. The van der Waals surface area contributed by atoms with Crippen molar-refractivity contribution in [2.24, 2.45) is 5.10 Å². The van der Waals surface area contributed by atoms with E-state index in [2.05, 4.69) is 25.8 Å². The second kappa shape index (κ2) is 1.97. The van der Waals surface area contributed by atoms with E-state index in [1.807, 2.05) is 0 Å². The number of nitrogens with one attached hydrogen (secondary N) is 1. The summed E-state index contributed by atoms with van der Waals surface area (Å²) in [5.41, 5.74) is 0. The highest BCUT2D eigenvalue weighted by Crippen LogP contribution is 2.43. The van der Waals surface area contributed by atoms with Crippen LogP contribution in [-0.4, -0.2) is 5.90 Å². The van der Waals surface area contributed by atoms with E-state index in [0.29, 0.717) is 5.90 Å². The van der Waals surface area contributed by atoms with E-state index in [9.17, 15) is 0 Å². The molecule has 1 N–H and O–H groups in total. The first-order valence-corrected chi connectivity index (χ1v) is 5.00. The van der Waals surface area contributed by atoms with Crippen molar-refractivity contribution in [3.8, 4) is 0 Å². The molecule has 1 aliphatic rings. The van der Waals surface area contributed by atoms with Crippen LogP contribution >= 0.6 is 22.5 Å². The van der Waals surface area contributed by atoms with E-state index >= 15 is 0 Å². The molecule has 0 amide bonds. The lowest BCUT2D eigenvalue weighted by atomic mass is 10.8. The molecular weight excluding hydrogens is 179 g/mol. The number of halogens is 1.